The molecule has 1 fully saturated rings. The smallest absolute Gasteiger partial charge is 0.349 e. The molecule has 4 heterocycles. The number of ether oxygens (including phenoxy) is 1. The van der Waals surface area contributed by atoms with Crippen LogP contribution in [-0.2, 0) is 13.6 Å². The summed E-state index contributed by atoms with van der Waals surface area (Å²) in [7, 11) is 1.81. The minimum atomic E-state index is -0.216. The van der Waals surface area contributed by atoms with Crippen molar-refractivity contribution in [3.05, 3.63) is 75.1 Å². The molecule has 8 nitrogen and oxygen atoms in total. The molecule has 9 heteroatoms. The third-order valence-corrected chi connectivity index (χ3v) is 6.42. The lowest BCUT2D eigenvalue weighted by molar-refractivity contribution is -0.672. The first kappa shape index (κ1) is 21.5. The highest BCUT2D eigenvalue weighted by molar-refractivity contribution is 6.29. The van der Waals surface area contributed by atoms with Crippen LogP contribution in [0.15, 0.2) is 47.5 Å². The molecule has 1 aliphatic rings. The van der Waals surface area contributed by atoms with Crippen LogP contribution in [0.3, 0.4) is 0 Å². The van der Waals surface area contributed by atoms with Crippen molar-refractivity contribution in [2.24, 2.45) is 7.05 Å². The Morgan fingerprint density at radius 1 is 1.24 bits per heavy atom. The van der Waals surface area contributed by atoms with Crippen LogP contribution in [-0.4, -0.2) is 24.3 Å². The quantitative estimate of drug-likeness (QED) is 0.356. The fraction of sp³-hybridized carbons (Fsp3) is 0.333. The SMILES string of the molecule is Cc1cc(Oc2ccc3n(c2)c(=O)c(C2CCCC2)c(O)[n+]3Cc2ccc(Cl)nc2)n(C)n1. The van der Waals surface area contributed by atoms with Crippen LogP contribution >= 0.6 is 11.6 Å². The summed E-state index contributed by atoms with van der Waals surface area (Å²) in [5, 5.41) is 16.0. The predicted molar refractivity (Wildman–Crippen MR) is 123 cm³/mol. The molecule has 0 atom stereocenters. The predicted octanol–water partition coefficient (Wildman–Crippen LogP) is 3.88. The maximum absolute atomic E-state index is 13.5. The van der Waals surface area contributed by atoms with Gasteiger partial charge in [0.2, 0.25) is 5.88 Å². The zero-order valence-electron chi connectivity index (χ0n) is 18.5. The van der Waals surface area contributed by atoms with E-state index < -0.39 is 0 Å². The minimum Gasteiger partial charge on any atom is -0.477 e. The van der Waals surface area contributed by atoms with E-state index in [0.29, 0.717) is 34.5 Å². The standard InChI is InChI=1S/C24H24ClN5O3/c1-15-11-21(28(2)27-15)33-18-8-10-20-29(13-16-7-9-19(25)26-12-16)23(31)22(17-5-3-4-6-17)24(32)30(20)14-18/h7-12,14,17H,3-6,13H2,1-2H3/p+1. The van der Waals surface area contributed by atoms with Gasteiger partial charge in [-0.2, -0.15) is 14.1 Å². The molecule has 0 saturated heterocycles. The molecule has 0 unspecified atom stereocenters. The molecular weight excluding hydrogens is 442 g/mol. The Bertz CT molecular complexity index is 1390. The number of pyridine rings is 2. The highest BCUT2D eigenvalue weighted by Gasteiger charge is 2.31. The normalized spacial score (nSPS) is 14.3. The van der Waals surface area contributed by atoms with Crippen LogP contribution in [0.1, 0.15) is 48.4 Å². The van der Waals surface area contributed by atoms with Gasteiger partial charge in [0, 0.05) is 30.9 Å². The Morgan fingerprint density at radius 3 is 2.70 bits per heavy atom. The van der Waals surface area contributed by atoms with Crippen LogP contribution in [0.4, 0.5) is 0 Å². The minimum absolute atomic E-state index is 0.0118. The summed E-state index contributed by atoms with van der Waals surface area (Å²) in [6.07, 6.45) is 7.23. The molecular formula is C24H25ClN5O3+. The van der Waals surface area contributed by atoms with Gasteiger partial charge in [-0.15, -0.1) is 0 Å². The van der Waals surface area contributed by atoms with Gasteiger partial charge in [0.25, 0.3) is 11.5 Å². The molecule has 1 aliphatic carbocycles. The molecule has 4 aromatic heterocycles. The Labute approximate surface area is 195 Å². The van der Waals surface area contributed by atoms with Crippen LogP contribution < -0.4 is 14.9 Å². The highest BCUT2D eigenvalue weighted by Crippen LogP contribution is 2.35. The van der Waals surface area contributed by atoms with Crippen LogP contribution in [0.2, 0.25) is 5.15 Å². The van der Waals surface area contributed by atoms with Gasteiger partial charge in [-0.1, -0.05) is 30.5 Å². The summed E-state index contributed by atoms with van der Waals surface area (Å²) >= 11 is 5.94. The van der Waals surface area contributed by atoms with E-state index >= 15 is 0 Å². The molecule has 0 spiro atoms. The van der Waals surface area contributed by atoms with Crippen LogP contribution in [0.25, 0.3) is 5.65 Å². The summed E-state index contributed by atoms with van der Waals surface area (Å²) in [4.78, 5) is 17.7. The Hall–Kier alpha value is -3.39. The molecule has 170 valence electrons. The molecule has 0 bridgehead atoms. The van der Waals surface area contributed by atoms with Gasteiger partial charge >= 0.3 is 5.56 Å². The van der Waals surface area contributed by atoms with Gasteiger partial charge in [-0.3, -0.25) is 0 Å². The van der Waals surface area contributed by atoms with E-state index in [4.69, 9.17) is 16.3 Å². The van der Waals surface area contributed by atoms with Gasteiger partial charge < -0.3 is 9.84 Å². The third-order valence-electron chi connectivity index (χ3n) is 6.20. The summed E-state index contributed by atoms with van der Waals surface area (Å²) < 4.78 is 11.0. The average Bonchev–Trinajstić information content (AvgIpc) is 3.42. The Morgan fingerprint density at radius 2 is 2.03 bits per heavy atom. The molecule has 5 rings (SSSR count). The fourth-order valence-electron chi connectivity index (χ4n) is 4.61. The lowest BCUT2D eigenvalue weighted by Crippen LogP contribution is -2.42. The Kier molecular flexibility index (Phi) is 5.54. The molecule has 4 aromatic rings. The van der Waals surface area contributed by atoms with Crippen LogP contribution in [0.5, 0.6) is 17.5 Å². The van der Waals surface area contributed by atoms with Crippen LogP contribution in [0, 0.1) is 6.92 Å². The first-order chi connectivity index (χ1) is 15.9. The van der Waals surface area contributed by atoms with Crippen molar-refractivity contribution in [1.82, 2.24) is 19.2 Å². The van der Waals surface area contributed by atoms with Crippen molar-refractivity contribution < 1.29 is 14.4 Å². The van der Waals surface area contributed by atoms with E-state index in [2.05, 4.69) is 10.1 Å². The maximum atomic E-state index is 13.5. The van der Waals surface area contributed by atoms with Crippen molar-refractivity contribution in [2.75, 3.05) is 0 Å². The number of nitrogens with zero attached hydrogens (tertiary/aromatic N) is 5. The second kappa shape index (κ2) is 8.51. The molecule has 0 radical (unpaired) electrons. The van der Waals surface area contributed by atoms with E-state index in [0.717, 1.165) is 36.9 Å². The number of aromatic nitrogens is 5. The molecule has 0 aromatic carbocycles. The zero-order chi connectivity index (χ0) is 23.1. The summed E-state index contributed by atoms with van der Waals surface area (Å²) in [6.45, 7) is 2.24. The molecule has 0 amide bonds. The molecule has 0 aliphatic heterocycles. The fourth-order valence-corrected chi connectivity index (χ4v) is 4.72. The largest absolute Gasteiger partial charge is 0.477 e. The maximum Gasteiger partial charge on any atom is 0.349 e. The molecule has 33 heavy (non-hydrogen) atoms. The van der Waals surface area contributed by atoms with E-state index in [-0.39, 0.29) is 17.4 Å². The number of hydrogen-bond acceptors (Lipinski definition) is 5. The molecule has 1 saturated carbocycles. The average molecular weight is 467 g/mol. The van der Waals surface area contributed by atoms with Gasteiger partial charge in [-0.25, -0.2) is 14.5 Å². The van der Waals surface area contributed by atoms with Crippen molar-refractivity contribution >= 4 is 17.2 Å². The van der Waals surface area contributed by atoms with Crippen molar-refractivity contribution in [1.29, 1.82) is 0 Å². The number of fused-ring (bicyclic) bond motifs is 1. The number of aryl methyl sites for hydroxylation is 2. The Balaban J connectivity index is 1.66. The van der Waals surface area contributed by atoms with E-state index in [1.165, 1.54) is 0 Å². The van der Waals surface area contributed by atoms with Gasteiger partial charge in [-0.05, 0) is 37.8 Å². The van der Waals surface area contributed by atoms with Crippen molar-refractivity contribution in [3.63, 3.8) is 0 Å². The second-order valence-electron chi connectivity index (χ2n) is 8.54. The van der Waals surface area contributed by atoms with Gasteiger partial charge in [0.15, 0.2) is 5.75 Å². The highest BCUT2D eigenvalue weighted by atomic mass is 35.5. The van der Waals surface area contributed by atoms with Crippen molar-refractivity contribution in [2.45, 2.75) is 45.1 Å². The van der Waals surface area contributed by atoms with E-state index in [9.17, 15) is 9.90 Å². The summed E-state index contributed by atoms with van der Waals surface area (Å²) in [6, 6.07) is 8.97. The zero-order valence-corrected chi connectivity index (χ0v) is 19.3. The third kappa shape index (κ3) is 4.06. The van der Waals surface area contributed by atoms with E-state index in [1.54, 1.807) is 51.3 Å². The lowest BCUT2D eigenvalue weighted by Gasteiger charge is -2.14. The van der Waals surface area contributed by atoms with Gasteiger partial charge in [0.1, 0.15) is 23.5 Å². The molecule has 1 N–H and O–H groups in total. The monoisotopic (exact) mass is 466 g/mol. The van der Waals surface area contributed by atoms with Gasteiger partial charge in [0.05, 0.1) is 5.69 Å². The number of aromatic hydroxyl groups is 1. The van der Waals surface area contributed by atoms with Crippen molar-refractivity contribution in [3.8, 4) is 17.5 Å². The van der Waals surface area contributed by atoms with E-state index in [1.807, 2.05) is 19.1 Å². The summed E-state index contributed by atoms with van der Waals surface area (Å²) in [5.74, 6) is 1.14. The number of halogens is 1. The first-order valence-electron chi connectivity index (χ1n) is 11.0. The topological polar surface area (TPSA) is 85.5 Å². The lowest BCUT2D eigenvalue weighted by atomic mass is 9.99. The first-order valence-corrected chi connectivity index (χ1v) is 11.4. The summed E-state index contributed by atoms with van der Waals surface area (Å²) in [5.41, 5.74) is 2.51. The second-order valence-corrected chi connectivity index (χ2v) is 8.93. The number of rotatable bonds is 5. The number of hydrogen-bond donors (Lipinski definition) is 1.